The first-order chi connectivity index (χ1) is 11.3. The maximum atomic E-state index is 10.8. The van der Waals surface area contributed by atoms with E-state index in [1.807, 2.05) is 42.7 Å². The number of rotatable bonds is 3. The predicted molar refractivity (Wildman–Crippen MR) is 89.4 cm³/mol. The SMILES string of the molecule is Oc1c(C(c2ccncc2)N2CCCCC2)ccc2ccoc12. The smallest absolute Gasteiger partial charge is 0.175 e. The number of hydrogen-bond donors (Lipinski definition) is 1. The topological polar surface area (TPSA) is 49.5 Å². The molecule has 4 heteroatoms. The molecule has 0 saturated carbocycles. The van der Waals surface area contributed by atoms with E-state index in [1.54, 1.807) is 6.26 Å². The molecule has 0 spiro atoms. The summed E-state index contributed by atoms with van der Waals surface area (Å²) in [6.45, 7) is 2.09. The number of hydrogen-bond acceptors (Lipinski definition) is 4. The van der Waals surface area contributed by atoms with Gasteiger partial charge in [-0.05, 0) is 49.7 Å². The Bertz CT molecular complexity index is 791. The van der Waals surface area contributed by atoms with Crippen molar-refractivity contribution in [3.05, 3.63) is 60.1 Å². The van der Waals surface area contributed by atoms with Gasteiger partial charge in [-0.25, -0.2) is 0 Å². The highest BCUT2D eigenvalue weighted by Crippen LogP contribution is 2.39. The number of phenolic OH excluding ortho intramolecular Hbond substituents is 1. The number of phenols is 1. The van der Waals surface area contributed by atoms with Gasteiger partial charge in [0, 0.05) is 23.3 Å². The second-order valence-corrected chi connectivity index (χ2v) is 6.12. The Morgan fingerprint density at radius 3 is 2.57 bits per heavy atom. The maximum absolute atomic E-state index is 10.8. The van der Waals surface area contributed by atoms with E-state index in [2.05, 4.69) is 9.88 Å². The number of aromatic nitrogens is 1. The summed E-state index contributed by atoms with van der Waals surface area (Å²) in [7, 11) is 0. The van der Waals surface area contributed by atoms with Crippen LogP contribution in [0, 0.1) is 0 Å². The van der Waals surface area contributed by atoms with E-state index < -0.39 is 0 Å². The number of furan rings is 1. The first-order valence-electron chi connectivity index (χ1n) is 8.17. The fraction of sp³-hybridized carbons (Fsp3) is 0.316. The molecule has 2 aromatic heterocycles. The number of fused-ring (bicyclic) bond motifs is 1. The van der Waals surface area contributed by atoms with Crippen LogP contribution in [0.5, 0.6) is 5.75 Å². The molecule has 23 heavy (non-hydrogen) atoms. The number of pyridine rings is 1. The van der Waals surface area contributed by atoms with Crippen LogP contribution in [0.4, 0.5) is 0 Å². The number of likely N-dealkylation sites (tertiary alicyclic amines) is 1. The van der Waals surface area contributed by atoms with Crippen LogP contribution in [0.3, 0.4) is 0 Å². The van der Waals surface area contributed by atoms with E-state index in [0.29, 0.717) is 5.58 Å². The Balaban J connectivity index is 1.84. The highest BCUT2D eigenvalue weighted by Gasteiger charge is 2.27. The number of aromatic hydroxyl groups is 1. The van der Waals surface area contributed by atoms with E-state index in [1.165, 1.54) is 19.3 Å². The largest absolute Gasteiger partial charge is 0.504 e. The minimum absolute atomic E-state index is 0.0350. The van der Waals surface area contributed by atoms with Gasteiger partial charge < -0.3 is 9.52 Å². The summed E-state index contributed by atoms with van der Waals surface area (Å²) in [5.41, 5.74) is 2.63. The Hall–Kier alpha value is -2.33. The van der Waals surface area contributed by atoms with Crippen molar-refractivity contribution in [1.82, 2.24) is 9.88 Å². The van der Waals surface area contributed by atoms with Crippen molar-refractivity contribution in [3.63, 3.8) is 0 Å². The summed E-state index contributed by atoms with van der Waals surface area (Å²) in [5.74, 6) is 0.250. The molecule has 0 radical (unpaired) electrons. The quantitative estimate of drug-likeness (QED) is 0.791. The molecular formula is C19H20N2O2. The molecule has 1 aromatic carbocycles. The van der Waals surface area contributed by atoms with Crippen LogP contribution in [-0.2, 0) is 0 Å². The van der Waals surface area contributed by atoms with Crippen LogP contribution in [0.2, 0.25) is 0 Å². The fourth-order valence-electron chi connectivity index (χ4n) is 3.56. The molecular weight excluding hydrogens is 288 g/mol. The molecule has 118 valence electrons. The average Bonchev–Trinajstić information content (AvgIpc) is 3.09. The van der Waals surface area contributed by atoms with Gasteiger partial charge in [0.15, 0.2) is 11.3 Å². The van der Waals surface area contributed by atoms with Gasteiger partial charge in [0.2, 0.25) is 0 Å². The van der Waals surface area contributed by atoms with Crippen LogP contribution in [0.1, 0.15) is 36.4 Å². The Morgan fingerprint density at radius 1 is 1.00 bits per heavy atom. The number of nitrogens with zero attached hydrogens (tertiary/aromatic N) is 2. The summed E-state index contributed by atoms with van der Waals surface area (Å²) in [6, 6.07) is 10.0. The van der Waals surface area contributed by atoms with Crippen LogP contribution < -0.4 is 0 Å². The molecule has 3 heterocycles. The summed E-state index contributed by atoms with van der Waals surface area (Å²) < 4.78 is 5.48. The summed E-state index contributed by atoms with van der Waals surface area (Å²) >= 11 is 0. The van der Waals surface area contributed by atoms with E-state index in [9.17, 15) is 5.11 Å². The van der Waals surface area contributed by atoms with Crippen molar-refractivity contribution < 1.29 is 9.52 Å². The number of benzene rings is 1. The molecule has 4 nitrogen and oxygen atoms in total. The van der Waals surface area contributed by atoms with E-state index in [-0.39, 0.29) is 11.8 Å². The second kappa shape index (κ2) is 6.05. The lowest BCUT2D eigenvalue weighted by Gasteiger charge is -2.35. The van der Waals surface area contributed by atoms with Crippen molar-refractivity contribution in [2.45, 2.75) is 25.3 Å². The highest BCUT2D eigenvalue weighted by molar-refractivity contribution is 5.84. The van der Waals surface area contributed by atoms with Gasteiger partial charge in [-0.15, -0.1) is 0 Å². The fourth-order valence-corrected chi connectivity index (χ4v) is 3.56. The van der Waals surface area contributed by atoms with Gasteiger partial charge in [-0.3, -0.25) is 9.88 Å². The molecule has 1 unspecified atom stereocenters. The van der Waals surface area contributed by atoms with E-state index in [0.717, 1.165) is 29.6 Å². The predicted octanol–water partition coefficient (Wildman–Crippen LogP) is 4.11. The third-order valence-corrected chi connectivity index (χ3v) is 4.70. The third kappa shape index (κ3) is 2.59. The zero-order chi connectivity index (χ0) is 15.6. The Morgan fingerprint density at radius 2 is 1.78 bits per heavy atom. The summed E-state index contributed by atoms with van der Waals surface area (Å²) in [4.78, 5) is 6.58. The maximum Gasteiger partial charge on any atom is 0.175 e. The third-order valence-electron chi connectivity index (χ3n) is 4.70. The molecule has 0 aliphatic carbocycles. The first kappa shape index (κ1) is 14.3. The minimum Gasteiger partial charge on any atom is -0.504 e. The molecule has 1 aliphatic heterocycles. The second-order valence-electron chi connectivity index (χ2n) is 6.12. The number of piperidine rings is 1. The molecule has 1 aliphatic rings. The van der Waals surface area contributed by atoms with Crippen molar-refractivity contribution in [2.75, 3.05) is 13.1 Å². The standard InChI is InChI=1S/C19H20N2O2/c22-18-16(5-4-15-8-13-23-19(15)18)17(14-6-9-20-10-7-14)21-11-2-1-3-12-21/h4-10,13,17,22H,1-3,11-12H2. The zero-order valence-corrected chi connectivity index (χ0v) is 13.0. The molecule has 0 amide bonds. The van der Waals surface area contributed by atoms with Crippen molar-refractivity contribution >= 4 is 11.0 Å². The monoisotopic (exact) mass is 308 g/mol. The molecule has 1 saturated heterocycles. The van der Waals surface area contributed by atoms with Crippen LogP contribution in [0.15, 0.2) is 53.4 Å². The summed E-state index contributed by atoms with van der Waals surface area (Å²) in [6.07, 6.45) is 8.93. The molecule has 1 atom stereocenters. The first-order valence-corrected chi connectivity index (χ1v) is 8.17. The van der Waals surface area contributed by atoms with E-state index >= 15 is 0 Å². The molecule has 3 aromatic rings. The highest BCUT2D eigenvalue weighted by atomic mass is 16.3. The van der Waals surface area contributed by atoms with Crippen molar-refractivity contribution in [1.29, 1.82) is 0 Å². The Kier molecular flexibility index (Phi) is 3.75. The lowest BCUT2D eigenvalue weighted by atomic mass is 9.94. The molecule has 1 fully saturated rings. The molecule has 0 bridgehead atoms. The zero-order valence-electron chi connectivity index (χ0n) is 13.0. The minimum atomic E-state index is 0.0350. The average molecular weight is 308 g/mol. The lowest BCUT2D eigenvalue weighted by Crippen LogP contribution is -2.34. The van der Waals surface area contributed by atoms with Crippen LogP contribution >= 0.6 is 0 Å². The van der Waals surface area contributed by atoms with Gasteiger partial charge in [0.25, 0.3) is 0 Å². The van der Waals surface area contributed by atoms with Crippen LogP contribution in [0.25, 0.3) is 11.0 Å². The summed E-state index contributed by atoms with van der Waals surface area (Å²) in [5, 5.41) is 11.7. The van der Waals surface area contributed by atoms with Gasteiger partial charge in [0.05, 0.1) is 12.3 Å². The van der Waals surface area contributed by atoms with Crippen molar-refractivity contribution in [2.24, 2.45) is 0 Å². The molecule has 4 rings (SSSR count). The normalized spacial score (nSPS) is 17.4. The van der Waals surface area contributed by atoms with Gasteiger partial charge in [-0.2, -0.15) is 0 Å². The van der Waals surface area contributed by atoms with Crippen LogP contribution in [-0.4, -0.2) is 28.1 Å². The Labute approximate surface area is 135 Å². The van der Waals surface area contributed by atoms with Gasteiger partial charge in [0.1, 0.15) is 0 Å². The molecule has 1 N–H and O–H groups in total. The van der Waals surface area contributed by atoms with Gasteiger partial charge >= 0.3 is 0 Å². The van der Waals surface area contributed by atoms with Gasteiger partial charge in [-0.1, -0.05) is 18.6 Å². The van der Waals surface area contributed by atoms with E-state index in [4.69, 9.17) is 4.42 Å². The lowest BCUT2D eigenvalue weighted by molar-refractivity contribution is 0.185. The van der Waals surface area contributed by atoms with Crippen molar-refractivity contribution in [3.8, 4) is 5.75 Å².